The summed E-state index contributed by atoms with van der Waals surface area (Å²) in [6.07, 6.45) is 0. The molecule has 4 N–H and O–H groups in total. The number of nitrogens with one attached hydrogen (secondary N) is 2. The number of hydrogen-bond acceptors (Lipinski definition) is 3. The quantitative estimate of drug-likeness (QED) is 0.560. The Morgan fingerprint density at radius 3 is 2.56 bits per heavy atom. The SMILES string of the molecule is CC(C)(C)Nc1cc(C(=N)N)c2ccccc2n1. The fourth-order valence-electron chi connectivity index (χ4n) is 1.85. The molecule has 0 radical (unpaired) electrons. The van der Waals surface area contributed by atoms with E-state index in [1.807, 2.05) is 30.3 Å². The van der Waals surface area contributed by atoms with Gasteiger partial charge in [0.2, 0.25) is 0 Å². The van der Waals surface area contributed by atoms with Crippen LogP contribution in [0.15, 0.2) is 30.3 Å². The van der Waals surface area contributed by atoms with Crippen LogP contribution in [0.1, 0.15) is 26.3 Å². The van der Waals surface area contributed by atoms with Gasteiger partial charge < -0.3 is 11.1 Å². The molecule has 0 aliphatic heterocycles. The molecule has 18 heavy (non-hydrogen) atoms. The van der Waals surface area contributed by atoms with Gasteiger partial charge in [0.15, 0.2) is 0 Å². The van der Waals surface area contributed by atoms with Crippen LogP contribution in [0.2, 0.25) is 0 Å². The van der Waals surface area contributed by atoms with Crippen molar-refractivity contribution < 1.29 is 0 Å². The second kappa shape index (κ2) is 4.29. The summed E-state index contributed by atoms with van der Waals surface area (Å²) in [6, 6.07) is 9.54. The largest absolute Gasteiger partial charge is 0.384 e. The highest BCUT2D eigenvalue weighted by molar-refractivity contribution is 6.07. The van der Waals surface area contributed by atoms with Gasteiger partial charge in [-0.05, 0) is 32.9 Å². The minimum atomic E-state index is -0.0798. The minimum Gasteiger partial charge on any atom is -0.384 e. The molecule has 0 bridgehead atoms. The van der Waals surface area contributed by atoms with Crippen LogP contribution in [-0.2, 0) is 0 Å². The monoisotopic (exact) mass is 242 g/mol. The number of pyridine rings is 1. The molecular formula is C14H18N4. The first-order chi connectivity index (χ1) is 8.37. The van der Waals surface area contributed by atoms with Crippen LogP contribution in [0, 0.1) is 5.41 Å². The van der Waals surface area contributed by atoms with Gasteiger partial charge in [0.05, 0.1) is 5.52 Å². The maximum Gasteiger partial charge on any atom is 0.127 e. The Labute approximate surface area is 107 Å². The number of para-hydroxylation sites is 1. The molecule has 1 aromatic carbocycles. The van der Waals surface area contributed by atoms with Gasteiger partial charge >= 0.3 is 0 Å². The van der Waals surface area contributed by atoms with Crippen molar-refractivity contribution in [3.8, 4) is 0 Å². The Morgan fingerprint density at radius 1 is 1.28 bits per heavy atom. The van der Waals surface area contributed by atoms with Crippen LogP contribution >= 0.6 is 0 Å². The molecule has 0 atom stereocenters. The number of nitrogens with zero attached hydrogens (tertiary/aromatic N) is 1. The highest BCUT2D eigenvalue weighted by Gasteiger charge is 2.13. The second-order valence-electron chi connectivity index (χ2n) is 5.36. The molecule has 1 heterocycles. The van der Waals surface area contributed by atoms with Crippen LogP contribution in [0.25, 0.3) is 10.9 Å². The van der Waals surface area contributed by atoms with Crippen molar-refractivity contribution in [2.75, 3.05) is 5.32 Å². The van der Waals surface area contributed by atoms with Crippen LogP contribution in [0.4, 0.5) is 5.82 Å². The van der Waals surface area contributed by atoms with Crippen molar-refractivity contribution in [3.63, 3.8) is 0 Å². The Balaban J connectivity index is 2.61. The van der Waals surface area contributed by atoms with E-state index in [1.54, 1.807) is 0 Å². The lowest BCUT2D eigenvalue weighted by Gasteiger charge is -2.22. The predicted molar refractivity (Wildman–Crippen MR) is 76.1 cm³/mol. The van der Waals surface area contributed by atoms with E-state index in [2.05, 4.69) is 31.1 Å². The van der Waals surface area contributed by atoms with Crippen molar-refractivity contribution in [2.45, 2.75) is 26.3 Å². The highest BCUT2D eigenvalue weighted by atomic mass is 15.0. The lowest BCUT2D eigenvalue weighted by Crippen LogP contribution is -2.27. The molecule has 2 rings (SSSR count). The van der Waals surface area contributed by atoms with E-state index in [1.165, 1.54) is 0 Å². The van der Waals surface area contributed by atoms with Gasteiger partial charge in [-0.15, -0.1) is 0 Å². The third-order valence-electron chi connectivity index (χ3n) is 2.51. The maximum absolute atomic E-state index is 7.67. The zero-order chi connectivity index (χ0) is 13.3. The molecule has 4 heteroatoms. The maximum atomic E-state index is 7.67. The van der Waals surface area contributed by atoms with E-state index in [0.29, 0.717) is 5.56 Å². The molecule has 2 aromatic rings. The molecule has 0 spiro atoms. The van der Waals surface area contributed by atoms with Gasteiger partial charge in [0.25, 0.3) is 0 Å². The molecule has 1 aromatic heterocycles. The molecular weight excluding hydrogens is 224 g/mol. The minimum absolute atomic E-state index is 0.0607. The van der Waals surface area contributed by atoms with Crippen molar-refractivity contribution in [2.24, 2.45) is 5.73 Å². The summed E-state index contributed by atoms with van der Waals surface area (Å²) in [5.41, 5.74) is 7.12. The fourth-order valence-corrected chi connectivity index (χ4v) is 1.85. The number of anilines is 1. The van der Waals surface area contributed by atoms with Gasteiger partial charge in [-0.25, -0.2) is 4.98 Å². The number of amidine groups is 1. The number of nitrogen functional groups attached to an aromatic ring is 1. The first kappa shape index (κ1) is 12.4. The summed E-state index contributed by atoms with van der Waals surface area (Å²) in [4.78, 5) is 4.54. The third kappa shape index (κ3) is 2.59. The molecule has 94 valence electrons. The zero-order valence-electron chi connectivity index (χ0n) is 10.9. The number of fused-ring (bicyclic) bond motifs is 1. The van der Waals surface area contributed by atoms with Crippen LogP contribution < -0.4 is 11.1 Å². The molecule has 0 aliphatic rings. The summed E-state index contributed by atoms with van der Waals surface area (Å²) < 4.78 is 0. The number of hydrogen-bond donors (Lipinski definition) is 3. The number of benzene rings is 1. The summed E-state index contributed by atoms with van der Waals surface area (Å²) in [6.45, 7) is 6.20. The summed E-state index contributed by atoms with van der Waals surface area (Å²) in [5, 5.41) is 11.9. The van der Waals surface area contributed by atoms with Crippen molar-refractivity contribution in [1.29, 1.82) is 5.41 Å². The molecule has 0 amide bonds. The average Bonchev–Trinajstić information content (AvgIpc) is 2.25. The standard InChI is InChI=1S/C14H18N4/c1-14(2,3)18-12-8-10(13(15)16)9-6-4-5-7-11(9)17-12/h4-8H,1-3H3,(H3,15,16)(H,17,18). The first-order valence-electron chi connectivity index (χ1n) is 5.89. The van der Waals surface area contributed by atoms with Gasteiger partial charge in [-0.3, -0.25) is 5.41 Å². The number of nitrogens with two attached hydrogens (primary N) is 1. The number of aromatic nitrogens is 1. The Morgan fingerprint density at radius 2 is 1.94 bits per heavy atom. The average molecular weight is 242 g/mol. The van der Waals surface area contributed by atoms with Crippen LogP contribution in [-0.4, -0.2) is 16.4 Å². The van der Waals surface area contributed by atoms with E-state index in [0.717, 1.165) is 16.7 Å². The smallest absolute Gasteiger partial charge is 0.127 e. The molecule has 0 unspecified atom stereocenters. The third-order valence-corrected chi connectivity index (χ3v) is 2.51. The molecule has 0 aliphatic carbocycles. The Hall–Kier alpha value is -2.10. The van der Waals surface area contributed by atoms with E-state index >= 15 is 0 Å². The first-order valence-corrected chi connectivity index (χ1v) is 5.89. The van der Waals surface area contributed by atoms with Gasteiger partial charge in [0, 0.05) is 16.5 Å². The molecule has 0 fully saturated rings. The van der Waals surface area contributed by atoms with Crippen LogP contribution in [0.5, 0.6) is 0 Å². The van der Waals surface area contributed by atoms with Crippen molar-refractivity contribution >= 4 is 22.6 Å². The summed E-state index contributed by atoms with van der Waals surface area (Å²) in [5.74, 6) is 0.803. The Bertz CT molecular complexity index is 596. The Kier molecular flexibility index (Phi) is 2.95. The molecule has 0 saturated heterocycles. The van der Waals surface area contributed by atoms with E-state index < -0.39 is 0 Å². The van der Waals surface area contributed by atoms with E-state index in [9.17, 15) is 0 Å². The topological polar surface area (TPSA) is 74.8 Å². The van der Waals surface area contributed by atoms with Crippen molar-refractivity contribution in [1.82, 2.24) is 4.98 Å². The zero-order valence-corrected chi connectivity index (χ0v) is 10.9. The molecule has 0 saturated carbocycles. The van der Waals surface area contributed by atoms with Gasteiger partial charge in [-0.2, -0.15) is 0 Å². The number of rotatable bonds is 2. The van der Waals surface area contributed by atoms with Gasteiger partial charge in [0.1, 0.15) is 11.7 Å². The van der Waals surface area contributed by atoms with Crippen molar-refractivity contribution in [3.05, 3.63) is 35.9 Å². The highest BCUT2D eigenvalue weighted by Crippen LogP contribution is 2.22. The predicted octanol–water partition coefficient (Wildman–Crippen LogP) is 2.73. The second-order valence-corrected chi connectivity index (χ2v) is 5.36. The summed E-state index contributed by atoms with van der Waals surface area (Å²) in [7, 11) is 0. The lowest BCUT2D eigenvalue weighted by atomic mass is 10.1. The van der Waals surface area contributed by atoms with Gasteiger partial charge in [-0.1, -0.05) is 18.2 Å². The lowest BCUT2D eigenvalue weighted by molar-refractivity contribution is 0.631. The fraction of sp³-hybridized carbons (Fsp3) is 0.286. The normalized spacial score (nSPS) is 11.5. The van der Waals surface area contributed by atoms with Crippen LogP contribution in [0.3, 0.4) is 0 Å². The van der Waals surface area contributed by atoms with E-state index in [4.69, 9.17) is 11.1 Å². The molecule has 4 nitrogen and oxygen atoms in total. The summed E-state index contributed by atoms with van der Waals surface area (Å²) >= 11 is 0. The van der Waals surface area contributed by atoms with E-state index in [-0.39, 0.29) is 11.4 Å².